The van der Waals surface area contributed by atoms with Crippen LogP contribution in [0.25, 0.3) is 27.8 Å². The summed E-state index contributed by atoms with van der Waals surface area (Å²) < 4.78 is 51.3. The van der Waals surface area contributed by atoms with Crippen molar-refractivity contribution in [3.63, 3.8) is 0 Å². The van der Waals surface area contributed by atoms with E-state index >= 15 is 0 Å². The molecule has 1 aliphatic heterocycles. The summed E-state index contributed by atoms with van der Waals surface area (Å²) in [5, 5.41) is 14.0. The lowest BCUT2D eigenvalue weighted by molar-refractivity contribution is -0.154. The number of amides is 1. The number of ether oxygens (including phenoxy) is 1. The minimum atomic E-state index is -4.69. The van der Waals surface area contributed by atoms with Crippen LogP contribution in [0.2, 0.25) is 0 Å². The zero-order valence-electron chi connectivity index (χ0n) is 27.7. The van der Waals surface area contributed by atoms with Gasteiger partial charge in [-0.15, -0.1) is 5.10 Å². The number of carbonyl (C=O) groups excluding carboxylic acids is 2. The molecule has 0 spiro atoms. The highest BCUT2D eigenvalue weighted by molar-refractivity contribution is 5.92. The molecule has 51 heavy (non-hydrogen) atoms. The van der Waals surface area contributed by atoms with Gasteiger partial charge in [0.1, 0.15) is 5.69 Å². The highest BCUT2D eigenvalue weighted by Gasteiger charge is 2.47. The summed E-state index contributed by atoms with van der Waals surface area (Å²) in [7, 11) is 1.27. The molecule has 3 aromatic carbocycles. The van der Waals surface area contributed by atoms with Crippen molar-refractivity contribution in [3.8, 4) is 16.9 Å². The third-order valence-electron chi connectivity index (χ3n) is 9.37. The van der Waals surface area contributed by atoms with E-state index in [0.29, 0.717) is 12.2 Å². The summed E-state index contributed by atoms with van der Waals surface area (Å²) in [5.41, 5.74) is -0.0783. The van der Waals surface area contributed by atoms with Crippen LogP contribution >= 0.6 is 0 Å². The maximum absolute atomic E-state index is 13.8. The highest BCUT2D eigenvalue weighted by Crippen LogP contribution is 2.35. The molecule has 1 fully saturated rings. The first-order valence-corrected chi connectivity index (χ1v) is 16.2. The number of likely N-dealkylation sites (tertiary alicyclic amines) is 1. The number of hydrogen-bond acceptors (Lipinski definition) is 7. The molecule has 1 amide bonds. The third-order valence-corrected chi connectivity index (χ3v) is 9.37. The molecular weight excluding hydrogens is 663 g/mol. The van der Waals surface area contributed by atoms with Crippen LogP contribution in [0.1, 0.15) is 40.3 Å². The highest BCUT2D eigenvalue weighted by atomic mass is 19.4. The molecule has 0 bridgehead atoms. The van der Waals surface area contributed by atoms with Gasteiger partial charge in [-0.1, -0.05) is 65.9 Å². The smallest absolute Gasteiger partial charge is 0.418 e. The van der Waals surface area contributed by atoms with Gasteiger partial charge in [0.15, 0.2) is 11.2 Å². The molecule has 0 atom stereocenters. The zero-order chi connectivity index (χ0) is 35.9. The Morgan fingerprint density at radius 2 is 1.61 bits per heavy atom. The average Bonchev–Trinajstić information content (AvgIpc) is 3.77. The van der Waals surface area contributed by atoms with Crippen LogP contribution in [0.5, 0.6) is 0 Å². The molecule has 0 radical (unpaired) electrons. The van der Waals surface area contributed by atoms with Crippen LogP contribution in [0.3, 0.4) is 0 Å². The van der Waals surface area contributed by atoms with Crippen LogP contribution < -0.4 is 5.43 Å². The largest absolute Gasteiger partial charge is 0.467 e. The normalized spacial score (nSPS) is 14.5. The van der Waals surface area contributed by atoms with E-state index < -0.39 is 40.3 Å². The first kappa shape index (κ1) is 33.4. The number of aromatic nitrogens is 6. The van der Waals surface area contributed by atoms with E-state index in [-0.39, 0.29) is 37.3 Å². The van der Waals surface area contributed by atoms with Crippen LogP contribution in [0, 0.1) is 6.92 Å². The summed E-state index contributed by atoms with van der Waals surface area (Å²) in [6.45, 7) is 1.83. The number of methoxy groups -OCH3 is 1. The molecule has 0 N–H and O–H groups in total. The third kappa shape index (κ3) is 6.06. The van der Waals surface area contributed by atoms with Crippen molar-refractivity contribution >= 4 is 22.8 Å². The molecule has 6 aromatic rings. The topological polar surface area (TPSA) is 117 Å². The number of rotatable bonds is 7. The lowest BCUT2D eigenvalue weighted by Crippen LogP contribution is -2.53. The monoisotopic (exact) mass is 695 g/mol. The minimum absolute atomic E-state index is 0.0116. The summed E-state index contributed by atoms with van der Waals surface area (Å²) in [5.74, 6) is -1.33. The number of nitrogens with zero attached hydrogens (tertiary/aromatic N) is 7. The van der Waals surface area contributed by atoms with Crippen molar-refractivity contribution in [2.24, 2.45) is 0 Å². The minimum Gasteiger partial charge on any atom is -0.467 e. The second kappa shape index (κ2) is 13.0. The van der Waals surface area contributed by atoms with E-state index in [1.54, 1.807) is 6.20 Å². The zero-order valence-corrected chi connectivity index (χ0v) is 27.7. The van der Waals surface area contributed by atoms with Gasteiger partial charge in [0.25, 0.3) is 5.91 Å². The molecule has 4 heterocycles. The van der Waals surface area contributed by atoms with Crippen molar-refractivity contribution in [2.75, 3.05) is 20.2 Å². The number of piperidine rings is 1. The van der Waals surface area contributed by atoms with Gasteiger partial charge in [0, 0.05) is 54.3 Å². The number of carbonyl (C=O) groups is 2. The van der Waals surface area contributed by atoms with Gasteiger partial charge in [-0.3, -0.25) is 9.59 Å². The fourth-order valence-electron chi connectivity index (χ4n) is 6.75. The molecule has 7 rings (SSSR count). The maximum Gasteiger partial charge on any atom is 0.418 e. The molecule has 0 saturated carbocycles. The fraction of sp³-hybridized carbons (Fsp3) is 0.243. The Hall–Kier alpha value is -6.05. The summed E-state index contributed by atoms with van der Waals surface area (Å²) in [6, 6.07) is 26.0. The molecular formula is C37H32F3N7O4. The van der Waals surface area contributed by atoms with Gasteiger partial charge in [0.05, 0.1) is 31.1 Å². The van der Waals surface area contributed by atoms with Gasteiger partial charge in [0.2, 0.25) is 5.43 Å². The van der Waals surface area contributed by atoms with Gasteiger partial charge in [-0.25, -0.2) is 14.2 Å². The van der Waals surface area contributed by atoms with Crippen molar-refractivity contribution in [2.45, 2.75) is 38.0 Å². The Labute approximate surface area is 289 Å². The molecule has 1 saturated heterocycles. The van der Waals surface area contributed by atoms with E-state index in [4.69, 9.17) is 4.74 Å². The van der Waals surface area contributed by atoms with E-state index in [2.05, 4.69) is 26.0 Å². The molecule has 260 valence electrons. The van der Waals surface area contributed by atoms with E-state index in [0.717, 1.165) is 39.0 Å². The van der Waals surface area contributed by atoms with Gasteiger partial charge in [-0.2, -0.15) is 18.3 Å². The fourth-order valence-corrected chi connectivity index (χ4v) is 6.75. The predicted octanol–water partition coefficient (Wildman–Crippen LogP) is 5.63. The predicted molar refractivity (Wildman–Crippen MR) is 181 cm³/mol. The standard InChI is InChI=1S/C37H32F3N7O4/c1-24-20-32(48)33(42-47(24)30-15-9-7-13-28(30)37(38,39)40)34(49)44-18-16-36(17-19-44,35(50)51-2)46-23-27(41-43-46)22-45-29-14-8-6-12-26(29)21-31(45)25-10-4-3-5-11-25/h3-15,20-21,23H,16-19,22H2,1-2H3. The Morgan fingerprint density at radius 1 is 0.922 bits per heavy atom. The molecule has 11 nitrogen and oxygen atoms in total. The lowest BCUT2D eigenvalue weighted by Gasteiger charge is -2.39. The van der Waals surface area contributed by atoms with Gasteiger partial charge in [-0.05, 0) is 36.8 Å². The first-order chi connectivity index (χ1) is 24.5. The van der Waals surface area contributed by atoms with E-state index in [9.17, 15) is 27.6 Å². The number of hydrogen-bond donors (Lipinski definition) is 0. The second-order valence-electron chi connectivity index (χ2n) is 12.4. The number of halogens is 3. The van der Waals surface area contributed by atoms with Crippen LogP contribution in [-0.2, 0) is 27.8 Å². The molecule has 0 aliphatic carbocycles. The summed E-state index contributed by atoms with van der Waals surface area (Å²) >= 11 is 0. The van der Waals surface area contributed by atoms with Crippen LogP contribution in [0.15, 0.2) is 102 Å². The van der Waals surface area contributed by atoms with Gasteiger partial charge >= 0.3 is 12.1 Å². The second-order valence-corrected chi connectivity index (χ2v) is 12.4. The number of alkyl halides is 3. The van der Waals surface area contributed by atoms with E-state index in [1.165, 1.54) is 41.8 Å². The van der Waals surface area contributed by atoms with Crippen molar-refractivity contribution < 1.29 is 27.5 Å². The number of para-hydroxylation sites is 2. The van der Waals surface area contributed by atoms with Crippen LogP contribution in [0.4, 0.5) is 13.2 Å². The van der Waals surface area contributed by atoms with Crippen LogP contribution in [-0.4, -0.2) is 66.3 Å². The van der Waals surface area contributed by atoms with Crippen molar-refractivity contribution in [1.82, 2.24) is 34.2 Å². The Kier molecular flexibility index (Phi) is 8.53. The summed E-state index contributed by atoms with van der Waals surface area (Å²) in [6.07, 6.45) is -2.83. The molecule has 14 heteroatoms. The molecule has 0 unspecified atom stereocenters. The number of benzene rings is 3. The molecule has 1 aliphatic rings. The lowest BCUT2D eigenvalue weighted by atomic mass is 9.87. The van der Waals surface area contributed by atoms with Crippen molar-refractivity contribution in [1.29, 1.82) is 0 Å². The Morgan fingerprint density at radius 3 is 2.33 bits per heavy atom. The quantitative estimate of drug-likeness (QED) is 0.199. The number of aryl methyl sites for hydroxylation is 1. The first-order valence-electron chi connectivity index (χ1n) is 16.2. The van der Waals surface area contributed by atoms with Gasteiger partial charge < -0.3 is 14.2 Å². The number of fused-ring (bicyclic) bond motifs is 1. The Balaban J connectivity index is 1.16. The SMILES string of the molecule is COC(=O)C1(n2cc(Cn3c(-c4ccccc4)cc4ccccc43)nn2)CCN(C(=O)c2nn(-c3ccccc3C(F)(F)F)c(C)cc2=O)CC1. The summed E-state index contributed by atoms with van der Waals surface area (Å²) in [4.78, 5) is 41.4. The maximum atomic E-state index is 13.8. The average molecular weight is 696 g/mol. The van der Waals surface area contributed by atoms with Crippen molar-refractivity contribution in [3.05, 3.63) is 130 Å². The molecule has 3 aromatic heterocycles. The number of esters is 1. The Bertz CT molecular complexity index is 2320. The van der Waals surface area contributed by atoms with E-state index in [1.807, 2.05) is 54.6 Å².